The van der Waals surface area contributed by atoms with Crippen LogP contribution in [0.4, 0.5) is 11.4 Å². The Morgan fingerprint density at radius 3 is 1.56 bits per heavy atom. The van der Waals surface area contributed by atoms with Gasteiger partial charge < -0.3 is 9.80 Å². The van der Waals surface area contributed by atoms with Crippen LogP contribution in [-0.2, 0) is 28.8 Å². The highest BCUT2D eigenvalue weighted by molar-refractivity contribution is 8.00. The molecule has 2 aliphatic rings. The summed E-state index contributed by atoms with van der Waals surface area (Å²) in [6.45, 7) is 5.64. The molecule has 2 aromatic rings. The third kappa shape index (κ3) is 4.49. The molecule has 2 heterocycles. The highest BCUT2D eigenvalue weighted by Gasteiger charge is 2.25. The number of thioether (sulfide) groups is 2. The second-order valence-corrected chi connectivity index (χ2v) is 11.8. The van der Waals surface area contributed by atoms with Gasteiger partial charge in [0.05, 0.1) is 33.7 Å². The molecule has 0 spiro atoms. The summed E-state index contributed by atoms with van der Waals surface area (Å²) in [7, 11) is -8.56. The van der Waals surface area contributed by atoms with Crippen molar-refractivity contribution in [3.63, 3.8) is 0 Å². The molecule has 2 aromatic carbocycles. The average molecular weight is 517 g/mol. The lowest BCUT2D eigenvalue weighted by atomic mass is 10.3. The SMILES string of the molecule is CCN1CSc2cc(S(=O)(=O)ON=NOS(=O)(=O)c3ccc4c(c3)SCN4CC)ccc21. The van der Waals surface area contributed by atoms with E-state index in [4.69, 9.17) is 0 Å². The molecule has 0 bridgehead atoms. The van der Waals surface area contributed by atoms with Gasteiger partial charge in [0.25, 0.3) is 0 Å². The van der Waals surface area contributed by atoms with Crippen LogP contribution in [0, 0.1) is 0 Å². The van der Waals surface area contributed by atoms with E-state index in [0.29, 0.717) is 0 Å². The minimum absolute atomic E-state index is 0.111. The first kappa shape index (κ1) is 23.0. The van der Waals surface area contributed by atoms with Gasteiger partial charge in [0.2, 0.25) is 0 Å². The maximum Gasteiger partial charge on any atom is 0.360 e. The topological polar surface area (TPSA) is 118 Å². The van der Waals surface area contributed by atoms with E-state index in [1.165, 1.54) is 47.8 Å². The molecule has 0 N–H and O–H groups in total. The molecule has 0 aliphatic carbocycles. The zero-order valence-corrected chi connectivity index (χ0v) is 20.4. The van der Waals surface area contributed by atoms with Crippen LogP contribution >= 0.6 is 23.5 Å². The molecule has 0 saturated carbocycles. The van der Waals surface area contributed by atoms with Crippen molar-refractivity contribution in [3.05, 3.63) is 36.4 Å². The second-order valence-electron chi connectivity index (χ2n) is 6.74. The van der Waals surface area contributed by atoms with Crippen molar-refractivity contribution in [1.82, 2.24) is 0 Å². The molecule has 0 amide bonds. The summed E-state index contributed by atoms with van der Waals surface area (Å²) in [6, 6.07) is 9.16. The fourth-order valence-corrected chi connectivity index (χ4v) is 7.10. The number of rotatable bonds is 8. The average Bonchev–Trinajstić information content (AvgIpc) is 3.39. The zero-order chi connectivity index (χ0) is 22.9. The van der Waals surface area contributed by atoms with Crippen molar-refractivity contribution in [1.29, 1.82) is 0 Å². The normalized spacial score (nSPS) is 15.8. The largest absolute Gasteiger partial charge is 0.361 e. The van der Waals surface area contributed by atoms with Gasteiger partial charge in [-0.2, -0.15) is 16.8 Å². The molecule has 2 aliphatic heterocycles. The van der Waals surface area contributed by atoms with E-state index in [9.17, 15) is 16.8 Å². The number of nitrogens with zero attached hydrogens (tertiary/aromatic N) is 4. The maximum atomic E-state index is 12.4. The lowest BCUT2D eigenvalue weighted by molar-refractivity contribution is 0.216. The van der Waals surface area contributed by atoms with Gasteiger partial charge in [0.15, 0.2) is 0 Å². The Labute approximate surface area is 195 Å². The van der Waals surface area contributed by atoms with Crippen LogP contribution in [0.1, 0.15) is 13.8 Å². The van der Waals surface area contributed by atoms with E-state index in [1.807, 2.05) is 13.8 Å². The monoisotopic (exact) mass is 516 g/mol. The Balaban J connectivity index is 1.42. The fourth-order valence-electron chi connectivity index (χ4n) is 3.21. The molecular weight excluding hydrogens is 496 g/mol. The van der Waals surface area contributed by atoms with E-state index in [-0.39, 0.29) is 9.79 Å². The Kier molecular flexibility index (Phi) is 6.47. The third-order valence-electron chi connectivity index (χ3n) is 4.93. The van der Waals surface area contributed by atoms with E-state index in [1.54, 1.807) is 12.1 Å². The molecule has 10 nitrogen and oxygen atoms in total. The summed E-state index contributed by atoms with van der Waals surface area (Å²) in [5.41, 5.74) is 1.89. The summed E-state index contributed by atoms with van der Waals surface area (Å²) < 4.78 is 58.4. The van der Waals surface area contributed by atoms with Gasteiger partial charge in [0, 0.05) is 22.9 Å². The lowest BCUT2D eigenvalue weighted by Crippen LogP contribution is -2.17. The number of anilines is 2. The van der Waals surface area contributed by atoms with Crippen LogP contribution in [0.3, 0.4) is 0 Å². The number of benzene rings is 2. The number of hydrogen-bond donors (Lipinski definition) is 0. The summed E-state index contributed by atoms with van der Waals surface area (Å²) >= 11 is 3.03. The minimum atomic E-state index is -4.28. The van der Waals surface area contributed by atoms with Crippen LogP contribution < -0.4 is 9.80 Å². The predicted octanol–water partition coefficient (Wildman–Crippen LogP) is 3.86. The van der Waals surface area contributed by atoms with E-state index in [2.05, 4.69) is 28.9 Å². The van der Waals surface area contributed by atoms with Crippen molar-refractivity contribution in [3.8, 4) is 0 Å². The molecule has 14 heteroatoms. The molecule has 0 fully saturated rings. The zero-order valence-electron chi connectivity index (χ0n) is 17.2. The van der Waals surface area contributed by atoms with Crippen molar-refractivity contribution in [2.75, 3.05) is 34.6 Å². The van der Waals surface area contributed by atoms with Crippen LogP contribution in [0.2, 0.25) is 0 Å². The first-order valence-corrected chi connectivity index (χ1v) is 14.3. The molecule has 0 aromatic heterocycles. The Bertz CT molecular complexity index is 1170. The van der Waals surface area contributed by atoms with Crippen LogP contribution in [0.25, 0.3) is 0 Å². The van der Waals surface area contributed by atoms with Gasteiger partial charge >= 0.3 is 20.2 Å². The number of hydrogen-bond acceptors (Lipinski definition) is 12. The lowest BCUT2D eigenvalue weighted by Gasteiger charge is -2.15. The fraction of sp³-hybridized carbons (Fsp3) is 0.333. The maximum absolute atomic E-state index is 12.4. The van der Waals surface area contributed by atoms with E-state index >= 15 is 0 Å². The first-order chi connectivity index (χ1) is 15.2. The molecule has 0 atom stereocenters. The van der Waals surface area contributed by atoms with E-state index in [0.717, 1.165) is 46.0 Å². The summed E-state index contributed by atoms with van der Waals surface area (Å²) in [5.74, 6) is 1.47. The van der Waals surface area contributed by atoms with Crippen LogP contribution in [0.5, 0.6) is 0 Å². The summed E-state index contributed by atoms with van der Waals surface area (Å²) in [5, 5.41) is 5.92. The second kappa shape index (κ2) is 9.00. The molecule has 4 rings (SSSR count). The van der Waals surface area contributed by atoms with Crippen molar-refractivity contribution >= 4 is 55.1 Å². The van der Waals surface area contributed by atoms with Gasteiger partial charge in [-0.3, -0.25) is 0 Å². The first-order valence-electron chi connectivity index (χ1n) is 9.56. The van der Waals surface area contributed by atoms with Crippen LogP contribution in [0.15, 0.2) is 66.5 Å². The summed E-state index contributed by atoms with van der Waals surface area (Å²) in [6.07, 6.45) is 0. The quantitative estimate of drug-likeness (QED) is 0.378. The van der Waals surface area contributed by atoms with Gasteiger partial charge in [-0.15, -0.1) is 23.5 Å². The predicted molar refractivity (Wildman–Crippen MR) is 122 cm³/mol. The Hall–Kier alpha value is -2.16. The highest BCUT2D eigenvalue weighted by atomic mass is 32.2. The van der Waals surface area contributed by atoms with Crippen LogP contribution in [-0.4, -0.2) is 41.7 Å². The highest BCUT2D eigenvalue weighted by Crippen LogP contribution is 2.40. The number of fused-ring (bicyclic) bond motifs is 2. The third-order valence-corrected chi connectivity index (χ3v) is 9.28. The van der Waals surface area contributed by atoms with Gasteiger partial charge in [-0.1, -0.05) is 0 Å². The van der Waals surface area contributed by atoms with Crippen molar-refractivity contribution in [2.45, 2.75) is 33.4 Å². The smallest absolute Gasteiger partial charge is 0.360 e. The van der Waals surface area contributed by atoms with Gasteiger partial charge in [-0.05, 0) is 50.2 Å². The van der Waals surface area contributed by atoms with E-state index < -0.39 is 20.2 Å². The summed E-state index contributed by atoms with van der Waals surface area (Å²) in [4.78, 5) is 5.60. The molecule has 0 radical (unpaired) electrons. The molecule has 0 unspecified atom stereocenters. The molecule has 172 valence electrons. The molecule has 32 heavy (non-hydrogen) atoms. The van der Waals surface area contributed by atoms with Crippen molar-refractivity contribution in [2.24, 2.45) is 10.6 Å². The Morgan fingerprint density at radius 1 is 0.781 bits per heavy atom. The minimum Gasteiger partial charge on any atom is -0.361 e. The Morgan fingerprint density at radius 2 is 1.19 bits per heavy atom. The van der Waals surface area contributed by atoms with Gasteiger partial charge in [0.1, 0.15) is 9.79 Å². The molecular formula is C18H20N4O6S4. The van der Waals surface area contributed by atoms with Crippen molar-refractivity contribution < 1.29 is 25.4 Å². The van der Waals surface area contributed by atoms with Gasteiger partial charge in [-0.25, -0.2) is 8.57 Å². The molecule has 0 saturated heterocycles. The standard InChI is InChI=1S/C18H20N4O6S4/c1-3-21-11-29-17-9-13(5-7-15(17)21)31(23,24)27-19-20-28-32(25,26)14-6-8-16-18(10-14)30-12-22(16)4-2/h5-10H,3-4,11-12H2,1-2H3.